The van der Waals surface area contributed by atoms with Gasteiger partial charge in [0.15, 0.2) is 5.82 Å². The van der Waals surface area contributed by atoms with Gasteiger partial charge in [0.2, 0.25) is 0 Å². The molecule has 0 aliphatic heterocycles. The van der Waals surface area contributed by atoms with Gasteiger partial charge in [-0.1, -0.05) is 0 Å². The summed E-state index contributed by atoms with van der Waals surface area (Å²) < 4.78 is 3.86. The maximum atomic E-state index is 4.63. The van der Waals surface area contributed by atoms with Gasteiger partial charge in [-0.25, -0.2) is 9.97 Å². The molecule has 0 atom stereocenters. The minimum atomic E-state index is 0.872. The summed E-state index contributed by atoms with van der Waals surface area (Å²) in [5.74, 6) is 3.12. The van der Waals surface area contributed by atoms with E-state index in [0.29, 0.717) is 0 Å². The molecule has 0 spiro atoms. The average Bonchev–Trinajstić information content (AvgIpc) is 3.06. The molecule has 0 radical (unpaired) electrons. The van der Waals surface area contributed by atoms with Crippen LogP contribution in [0.5, 0.6) is 0 Å². The van der Waals surface area contributed by atoms with Gasteiger partial charge >= 0.3 is 0 Å². The predicted octanol–water partition coefficient (Wildman–Crippen LogP) is 1.43. The highest BCUT2D eigenvalue weighted by Crippen LogP contribution is 2.06. The lowest BCUT2D eigenvalue weighted by molar-refractivity contribution is 0.544. The van der Waals surface area contributed by atoms with Gasteiger partial charge in [0, 0.05) is 31.7 Å². The van der Waals surface area contributed by atoms with Crippen LogP contribution in [-0.4, -0.2) is 41.5 Å². The maximum absolute atomic E-state index is 4.63. The molecule has 2 heterocycles. The number of hydrogen-bond donors (Lipinski definition) is 0. The number of hydrogen-bond acceptors (Lipinski definition) is 5. The molecular weight excluding hydrogens is 260 g/mol. The molecule has 0 aliphatic rings. The van der Waals surface area contributed by atoms with E-state index in [9.17, 15) is 0 Å². The third-order valence-corrected chi connectivity index (χ3v) is 3.49. The van der Waals surface area contributed by atoms with Gasteiger partial charge in [0.1, 0.15) is 18.5 Å². The second-order valence-electron chi connectivity index (χ2n) is 4.26. The van der Waals surface area contributed by atoms with Crippen LogP contribution in [0.25, 0.3) is 0 Å². The van der Waals surface area contributed by atoms with E-state index in [4.69, 9.17) is 0 Å². The van der Waals surface area contributed by atoms with E-state index in [1.165, 1.54) is 0 Å². The van der Waals surface area contributed by atoms with Crippen molar-refractivity contribution in [3.05, 3.63) is 24.3 Å². The minimum absolute atomic E-state index is 0.872. The highest BCUT2D eigenvalue weighted by molar-refractivity contribution is 7.98. The van der Waals surface area contributed by atoms with Gasteiger partial charge in [-0.15, -0.1) is 0 Å². The Morgan fingerprint density at radius 1 is 1.32 bits per heavy atom. The second-order valence-corrected chi connectivity index (χ2v) is 5.25. The SMILES string of the molecule is CCn1nc(CCSC)nc1CCCn1cncn1. The molecule has 7 heteroatoms. The molecule has 0 fully saturated rings. The third kappa shape index (κ3) is 4.05. The van der Waals surface area contributed by atoms with Crippen LogP contribution in [0.15, 0.2) is 12.7 Å². The van der Waals surface area contributed by atoms with E-state index < -0.39 is 0 Å². The van der Waals surface area contributed by atoms with E-state index in [-0.39, 0.29) is 0 Å². The standard InChI is InChI=1S/C12H20N6S/c1-3-18-12(15-11(16-18)6-8-19-2)5-4-7-17-10-13-9-14-17/h9-10H,3-8H2,1-2H3. The Labute approximate surface area is 117 Å². The first kappa shape index (κ1) is 14.0. The van der Waals surface area contributed by atoms with E-state index in [1.807, 2.05) is 21.1 Å². The Bertz CT molecular complexity index is 478. The Balaban J connectivity index is 1.89. The van der Waals surface area contributed by atoms with Crippen LogP contribution >= 0.6 is 11.8 Å². The van der Waals surface area contributed by atoms with E-state index in [1.54, 1.807) is 12.7 Å². The van der Waals surface area contributed by atoms with Gasteiger partial charge in [0.25, 0.3) is 0 Å². The number of nitrogens with zero attached hydrogens (tertiary/aromatic N) is 6. The number of aryl methyl sites for hydroxylation is 4. The molecule has 0 saturated carbocycles. The first-order chi connectivity index (χ1) is 9.33. The summed E-state index contributed by atoms with van der Waals surface area (Å²) in [6, 6.07) is 0. The van der Waals surface area contributed by atoms with Gasteiger partial charge in [-0.05, 0) is 19.6 Å². The quantitative estimate of drug-likeness (QED) is 0.732. The lowest BCUT2D eigenvalue weighted by Gasteiger charge is -2.02. The van der Waals surface area contributed by atoms with Crippen molar-refractivity contribution in [2.45, 2.75) is 39.3 Å². The molecule has 104 valence electrons. The summed E-state index contributed by atoms with van der Waals surface area (Å²) in [4.78, 5) is 8.57. The van der Waals surface area contributed by atoms with E-state index in [0.717, 1.165) is 49.8 Å². The lowest BCUT2D eigenvalue weighted by Crippen LogP contribution is -2.06. The number of aromatic nitrogens is 6. The molecule has 0 aromatic carbocycles. The molecule has 2 aromatic rings. The molecule has 2 aromatic heterocycles. The molecular formula is C12H20N6S. The van der Waals surface area contributed by atoms with Crippen LogP contribution in [0.3, 0.4) is 0 Å². The number of rotatable bonds is 8. The molecule has 6 nitrogen and oxygen atoms in total. The monoisotopic (exact) mass is 280 g/mol. The molecule has 2 rings (SSSR count). The zero-order valence-corrected chi connectivity index (χ0v) is 12.3. The van der Waals surface area contributed by atoms with Crippen molar-refractivity contribution in [1.29, 1.82) is 0 Å². The Hall–Kier alpha value is -1.37. The third-order valence-electron chi connectivity index (χ3n) is 2.88. The van der Waals surface area contributed by atoms with Crippen LogP contribution < -0.4 is 0 Å². The van der Waals surface area contributed by atoms with Crippen LogP contribution in [0, 0.1) is 0 Å². The van der Waals surface area contributed by atoms with Gasteiger partial charge in [-0.2, -0.15) is 22.0 Å². The fourth-order valence-electron chi connectivity index (χ4n) is 1.91. The first-order valence-corrected chi connectivity index (χ1v) is 7.96. The fourth-order valence-corrected chi connectivity index (χ4v) is 2.30. The van der Waals surface area contributed by atoms with Crippen LogP contribution in [0.4, 0.5) is 0 Å². The largest absolute Gasteiger partial charge is 0.253 e. The fraction of sp³-hybridized carbons (Fsp3) is 0.667. The highest BCUT2D eigenvalue weighted by Gasteiger charge is 2.08. The van der Waals surface area contributed by atoms with Gasteiger partial charge in [0.05, 0.1) is 0 Å². The van der Waals surface area contributed by atoms with Crippen molar-refractivity contribution < 1.29 is 0 Å². The molecule has 0 saturated heterocycles. The average molecular weight is 280 g/mol. The maximum Gasteiger partial charge on any atom is 0.151 e. The molecule has 0 bridgehead atoms. The normalized spacial score (nSPS) is 11.1. The summed E-state index contributed by atoms with van der Waals surface area (Å²) in [6.07, 6.45) is 8.30. The zero-order chi connectivity index (χ0) is 13.5. The lowest BCUT2D eigenvalue weighted by atomic mass is 10.3. The molecule has 0 unspecified atom stereocenters. The summed E-state index contributed by atoms with van der Waals surface area (Å²) in [6.45, 7) is 3.86. The van der Waals surface area contributed by atoms with Gasteiger partial charge < -0.3 is 0 Å². The molecule has 0 amide bonds. The second kappa shape index (κ2) is 7.28. The summed E-state index contributed by atoms with van der Waals surface area (Å²) in [7, 11) is 0. The Morgan fingerprint density at radius 3 is 2.89 bits per heavy atom. The summed E-state index contributed by atoms with van der Waals surface area (Å²) in [5, 5.41) is 8.63. The van der Waals surface area contributed by atoms with Crippen LogP contribution in [0.1, 0.15) is 25.0 Å². The first-order valence-electron chi connectivity index (χ1n) is 6.57. The molecule has 0 aliphatic carbocycles. The predicted molar refractivity (Wildman–Crippen MR) is 76.1 cm³/mol. The van der Waals surface area contributed by atoms with Gasteiger partial charge in [-0.3, -0.25) is 9.36 Å². The summed E-state index contributed by atoms with van der Waals surface area (Å²) in [5.41, 5.74) is 0. The Kier molecular flexibility index (Phi) is 5.38. The minimum Gasteiger partial charge on any atom is -0.253 e. The van der Waals surface area contributed by atoms with E-state index >= 15 is 0 Å². The van der Waals surface area contributed by atoms with Crippen molar-refractivity contribution in [1.82, 2.24) is 29.5 Å². The van der Waals surface area contributed by atoms with Crippen LogP contribution in [-0.2, 0) is 25.9 Å². The van der Waals surface area contributed by atoms with Crippen molar-refractivity contribution in [3.63, 3.8) is 0 Å². The molecule has 19 heavy (non-hydrogen) atoms. The van der Waals surface area contributed by atoms with Crippen molar-refractivity contribution in [2.24, 2.45) is 0 Å². The van der Waals surface area contributed by atoms with Crippen molar-refractivity contribution in [3.8, 4) is 0 Å². The highest BCUT2D eigenvalue weighted by atomic mass is 32.2. The van der Waals surface area contributed by atoms with Crippen molar-refractivity contribution in [2.75, 3.05) is 12.0 Å². The smallest absolute Gasteiger partial charge is 0.151 e. The molecule has 0 N–H and O–H groups in total. The van der Waals surface area contributed by atoms with Crippen molar-refractivity contribution >= 4 is 11.8 Å². The van der Waals surface area contributed by atoms with Crippen LogP contribution in [0.2, 0.25) is 0 Å². The van der Waals surface area contributed by atoms with E-state index in [2.05, 4.69) is 33.3 Å². The number of thioether (sulfide) groups is 1. The topological polar surface area (TPSA) is 61.4 Å². The zero-order valence-electron chi connectivity index (χ0n) is 11.5. The summed E-state index contributed by atoms with van der Waals surface area (Å²) >= 11 is 1.83. The Morgan fingerprint density at radius 2 is 2.21 bits per heavy atom.